The van der Waals surface area contributed by atoms with Crippen molar-refractivity contribution in [3.63, 3.8) is 0 Å². The van der Waals surface area contributed by atoms with Crippen LogP contribution in [0.1, 0.15) is 23.5 Å². The van der Waals surface area contributed by atoms with E-state index in [0.717, 1.165) is 23.7 Å². The fourth-order valence-electron chi connectivity index (χ4n) is 0.976. The molecule has 74 valence electrons. The van der Waals surface area contributed by atoms with Crippen molar-refractivity contribution < 1.29 is 4.74 Å². The maximum absolute atomic E-state index is 5.55. The van der Waals surface area contributed by atoms with Crippen molar-refractivity contribution in [2.45, 2.75) is 19.3 Å². The Bertz CT molecular complexity index is 250. The molecule has 1 atom stereocenters. The molecule has 0 spiro atoms. The van der Waals surface area contributed by atoms with Crippen LogP contribution >= 0.6 is 11.3 Å². The van der Waals surface area contributed by atoms with Crippen LogP contribution in [0, 0.1) is 0 Å². The van der Waals surface area contributed by atoms with Crippen LogP contribution in [0.3, 0.4) is 0 Å². The predicted octanol–water partition coefficient (Wildman–Crippen LogP) is 1.39. The molecule has 0 aliphatic heterocycles. The SMILES string of the molecule is COCCc1nc(C(C)CN)cs1. The molecular weight excluding hydrogens is 184 g/mol. The highest BCUT2D eigenvalue weighted by molar-refractivity contribution is 7.09. The second-order valence-corrected chi connectivity index (χ2v) is 3.99. The average Bonchev–Trinajstić information content (AvgIpc) is 2.62. The van der Waals surface area contributed by atoms with Crippen LogP contribution in [0.4, 0.5) is 0 Å². The van der Waals surface area contributed by atoms with Gasteiger partial charge in [-0.2, -0.15) is 0 Å². The van der Waals surface area contributed by atoms with Gasteiger partial charge < -0.3 is 10.5 Å². The van der Waals surface area contributed by atoms with Gasteiger partial charge in [0.1, 0.15) is 0 Å². The Labute approximate surface area is 82.9 Å². The zero-order valence-electron chi connectivity index (χ0n) is 8.12. The van der Waals surface area contributed by atoms with Crippen LogP contribution in [0.15, 0.2) is 5.38 Å². The summed E-state index contributed by atoms with van der Waals surface area (Å²) in [5, 5.41) is 3.22. The molecular formula is C9H16N2OS. The van der Waals surface area contributed by atoms with Crippen LogP contribution in [0.25, 0.3) is 0 Å². The van der Waals surface area contributed by atoms with Gasteiger partial charge in [-0.05, 0) is 0 Å². The molecule has 0 saturated carbocycles. The van der Waals surface area contributed by atoms with Crippen molar-refractivity contribution in [2.24, 2.45) is 5.73 Å². The fraction of sp³-hybridized carbons (Fsp3) is 0.667. The third kappa shape index (κ3) is 3.06. The summed E-state index contributed by atoms with van der Waals surface area (Å²) in [6.45, 7) is 3.49. The van der Waals surface area contributed by atoms with Crippen LogP contribution < -0.4 is 5.73 Å². The van der Waals surface area contributed by atoms with E-state index in [-0.39, 0.29) is 0 Å². The topological polar surface area (TPSA) is 48.1 Å². The van der Waals surface area contributed by atoms with Gasteiger partial charge in [-0.15, -0.1) is 11.3 Å². The first-order valence-electron chi connectivity index (χ1n) is 4.41. The molecule has 0 aliphatic rings. The van der Waals surface area contributed by atoms with Crippen molar-refractivity contribution in [1.29, 1.82) is 0 Å². The highest BCUT2D eigenvalue weighted by Gasteiger charge is 2.07. The molecule has 1 aromatic rings. The summed E-state index contributed by atoms with van der Waals surface area (Å²) in [5.41, 5.74) is 6.66. The molecule has 1 heterocycles. The quantitative estimate of drug-likeness (QED) is 0.781. The van der Waals surface area contributed by atoms with E-state index in [1.165, 1.54) is 0 Å². The Balaban J connectivity index is 2.53. The molecule has 4 heteroatoms. The van der Waals surface area contributed by atoms with Gasteiger partial charge in [0, 0.05) is 31.4 Å². The number of ether oxygens (including phenoxy) is 1. The summed E-state index contributed by atoms with van der Waals surface area (Å²) < 4.78 is 4.98. The number of rotatable bonds is 5. The van der Waals surface area contributed by atoms with Gasteiger partial charge in [-0.25, -0.2) is 4.98 Å². The van der Waals surface area contributed by atoms with Gasteiger partial charge in [0.25, 0.3) is 0 Å². The zero-order valence-corrected chi connectivity index (χ0v) is 8.93. The second-order valence-electron chi connectivity index (χ2n) is 3.05. The summed E-state index contributed by atoms with van der Waals surface area (Å²) in [5.74, 6) is 0.368. The van der Waals surface area contributed by atoms with E-state index in [9.17, 15) is 0 Å². The smallest absolute Gasteiger partial charge is 0.0951 e. The molecule has 0 fully saturated rings. The number of hydrogen-bond donors (Lipinski definition) is 1. The Morgan fingerprint density at radius 2 is 2.46 bits per heavy atom. The van der Waals surface area contributed by atoms with E-state index < -0.39 is 0 Å². The number of hydrogen-bond acceptors (Lipinski definition) is 4. The monoisotopic (exact) mass is 200 g/mol. The Kier molecular flexibility index (Phi) is 4.35. The third-order valence-electron chi connectivity index (χ3n) is 1.95. The highest BCUT2D eigenvalue weighted by Crippen LogP contribution is 2.17. The molecule has 0 radical (unpaired) electrons. The van der Waals surface area contributed by atoms with Gasteiger partial charge >= 0.3 is 0 Å². The Morgan fingerprint density at radius 3 is 3.08 bits per heavy atom. The van der Waals surface area contributed by atoms with Gasteiger partial charge in [0.2, 0.25) is 0 Å². The standard InChI is InChI=1S/C9H16N2OS/c1-7(5-10)8-6-13-9(11-8)3-4-12-2/h6-7H,3-5,10H2,1-2H3. The second kappa shape index (κ2) is 5.32. The van der Waals surface area contributed by atoms with Gasteiger partial charge in [0.05, 0.1) is 17.3 Å². The van der Waals surface area contributed by atoms with Crippen LogP contribution in [-0.4, -0.2) is 25.2 Å². The minimum Gasteiger partial charge on any atom is -0.384 e. The summed E-state index contributed by atoms with van der Waals surface area (Å²) >= 11 is 1.69. The van der Waals surface area contributed by atoms with Gasteiger partial charge in [-0.3, -0.25) is 0 Å². The van der Waals surface area contributed by atoms with Crippen molar-refractivity contribution in [3.05, 3.63) is 16.1 Å². The van der Waals surface area contributed by atoms with Crippen LogP contribution in [-0.2, 0) is 11.2 Å². The first-order valence-corrected chi connectivity index (χ1v) is 5.29. The molecule has 2 N–H and O–H groups in total. The Hall–Kier alpha value is -0.450. The number of nitrogens with zero attached hydrogens (tertiary/aromatic N) is 1. The molecule has 3 nitrogen and oxygen atoms in total. The molecule has 0 amide bonds. The molecule has 13 heavy (non-hydrogen) atoms. The van der Waals surface area contributed by atoms with E-state index in [4.69, 9.17) is 10.5 Å². The third-order valence-corrected chi connectivity index (χ3v) is 2.87. The van der Waals surface area contributed by atoms with Crippen molar-refractivity contribution >= 4 is 11.3 Å². The molecule has 1 aromatic heterocycles. The van der Waals surface area contributed by atoms with Crippen molar-refractivity contribution in [3.8, 4) is 0 Å². The van der Waals surface area contributed by atoms with Crippen LogP contribution in [0.2, 0.25) is 0 Å². The summed E-state index contributed by atoms with van der Waals surface area (Å²) in [4.78, 5) is 4.48. The van der Waals surface area contributed by atoms with Crippen molar-refractivity contribution in [1.82, 2.24) is 4.98 Å². The summed E-state index contributed by atoms with van der Waals surface area (Å²) in [7, 11) is 1.71. The highest BCUT2D eigenvalue weighted by atomic mass is 32.1. The van der Waals surface area contributed by atoms with Crippen LogP contribution in [0.5, 0.6) is 0 Å². The zero-order chi connectivity index (χ0) is 9.68. The normalized spacial score (nSPS) is 13.2. The van der Waals surface area contributed by atoms with E-state index >= 15 is 0 Å². The molecule has 1 unspecified atom stereocenters. The van der Waals surface area contributed by atoms with Gasteiger partial charge in [0.15, 0.2) is 0 Å². The number of thiazole rings is 1. The van der Waals surface area contributed by atoms with E-state index in [0.29, 0.717) is 12.5 Å². The molecule has 1 rings (SSSR count). The predicted molar refractivity (Wildman–Crippen MR) is 55.2 cm³/mol. The number of nitrogens with two attached hydrogens (primary N) is 1. The first-order chi connectivity index (χ1) is 6.27. The molecule has 0 bridgehead atoms. The maximum atomic E-state index is 5.55. The largest absolute Gasteiger partial charge is 0.384 e. The first kappa shape index (κ1) is 10.6. The van der Waals surface area contributed by atoms with Gasteiger partial charge in [-0.1, -0.05) is 6.92 Å². The van der Waals surface area contributed by atoms with E-state index in [2.05, 4.69) is 17.3 Å². The number of aromatic nitrogens is 1. The summed E-state index contributed by atoms with van der Waals surface area (Å²) in [6, 6.07) is 0. The lowest BCUT2D eigenvalue weighted by Gasteiger charge is -2.02. The molecule has 0 saturated heterocycles. The Morgan fingerprint density at radius 1 is 1.69 bits per heavy atom. The minimum atomic E-state index is 0.368. The van der Waals surface area contributed by atoms with E-state index in [1.54, 1.807) is 18.4 Å². The fourth-order valence-corrected chi connectivity index (χ4v) is 1.88. The lowest BCUT2D eigenvalue weighted by molar-refractivity contribution is 0.202. The van der Waals surface area contributed by atoms with E-state index in [1.807, 2.05) is 0 Å². The minimum absolute atomic E-state index is 0.368. The lowest BCUT2D eigenvalue weighted by atomic mass is 10.1. The summed E-state index contributed by atoms with van der Waals surface area (Å²) in [6.07, 6.45) is 0.901. The average molecular weight is 200 g/mol. The lowest BCUT2D eigenvalue weighted by Crippen LogP contribution is -2.09. The molecule has 0 aliphatic carbocycles. The maximum Gasteiger partial charge on any atom is 0.0951 e. The van der Waals surface area contributed by atoms with Crippen molar-refractivity contribution in [2.75, 3.05) is 20.3 Å². The molecule has 0 aromatic carbocycles. The number of methoxy groups -OCH3 is 1.